The number of nitrogens with zero attached hydrogens (tertiary/aromatic N) is 1. The van der Waals surface area contributed by atoms with Crippen LogP contribution in [-0.2, 0) is 10.0 Å². The van der Waals surface area contributed by atoms with E-state index in [-0.39, 0.29) is 22.5 Å². The van der Waals surface area contributed by atoms with Crippen molar-refractivity contribution in [1.82, 2.24) is 4.90 Å². The van der Waals surface area contributed by atoms with Crippen LogP contribution in [0.4, 0.5) is 10.1 Å². The van der Waals surface area contributed by atoms with Gasteiger partial charge in [0.1, 0.15) is 19.0 Å². The van der Waals surface area contributed by atoms with E-state index in [1.165, 1.54) is 48.5 Å². The summed E-state index contributed by atoms with van der Waals surface area (Å²) < 4.78 is 52.7. The summed E-state index contributed by atoms with van der Waals surface area (Å²) in [6, 6.07) is 16.8. The molecule has 1 atom stereocenters. The number of anilines is 1. The smallest absolute Gasteiger partial charge is 0.261 e. The van der Waals surface area contributed by atoms with Gasteiger partial charge in [-0.3, -0.25) is 9.52 Å². The van der Waals surface area contributed by atoms with Gasteiger partial charge >= 0.3 is 0 Å². The first-order chi connectivity index (χ1) is 16.4. The molecule has 0 radical (unpaired) electrons. The maximum absolute atomic E-state index is 13.9. The molecule has 5 rings (SSSR count). The molecule has 0 aliphatic carbocycles. The Morgan fingerprint density at radius 3 is 2.47 bits per heavy atom. The Kier molecular flexibility index (Phi) is 5.87. The van der Waals surface area contributed by atoms with E-state index >= 15 is 0 Å². The standard InChI is InChI=1S/C25H23FN2O5S/c26-20-4-1-2-5-21(20)27-34(30,31)19-10-7-17(8-11-19)25(29)28-13-3-6-22(28)18-9-12-23-24(16-18)33-15-14-32-23/h1-2,4-5,7-12,16,22,27H,3,6,13-15H2. The number of para-hydroxylation sites is 1. The number of fused-ring (bicyclic) bond motifs is 1. The molecule has 3 aromatic carbocycles. The second-order valence-corrected chi connectivity index (χ2v) is 9.85. The molecule has 2 aliphatic heterocycles. The summed E-state index contributed by atoms with van der Waals surface area (Å²) in [6.07, 6.45) is 1.69. The Bertz CT molecular complexity index is 1330. The highest BCUT2D eigenvalue weighted by Crippen LogP contribution is 2.38. The fraction of sp³-hybridized carbons (Fsp3) is 0.240. The molecule has 9 heteroatoms. The minimum absolute atomic E-state index is 0.0582. The summed E-state index contributed by atoms with van der Waals surface area (Å²) in [5.74, 6) is 0.534. The first-order valence-corrected chi connectivity index (χ1v) is 12.5. The molecule has 34 heavy (non-hydrogen) atoms. The van der Waals surface area contributed by atoms with Crippen molar-refractivity contribution in [3.8, 4) is 11.5 Å². The van der Waals surface area contributed by atoms with Crippen LogP contribution in [0.25, 0.3) is 0 Å². The number of rotatable bonds is 5. The second kappa shape index (κ2) is 8.98. The van der Waals surface area contributed by atoms with E-state index < -0.39 is 15.8 Å². The number of carbonyl (C=O) groups excluding carboxylic acids is 1. The molecule has 7 nitrogen and oxygen atoms in total. The van der Waals surface area contributed by atoms with Gasteiger partial charge in [0.25, 0.3) is 15.9 Å². The van der Waals surface area contributed by atoms with Crippen LogP contribution in [0.3, 0.4) is 0 Å². The van der Waals surface area contributed by atoms with Crippen molar-refractivity contribution >= 4 is 21.6 Å². The highest BCUT2D eigenvalue weighted by atomic mass is 32.2. The molecule has 1 unspecified atom stereocenters. The number of ether oxygens (including phenoxy) is 2. The average Bonchev–Trinajstić information content (AvgIpc) is 3.35. The average molecular weight is 483 g/mol. The van der Waals surface area contributed by atoms with Crippen LogP contribution < -0.4 is 14.2 Å². The van der Waals surface area contributed by atoms with Crippen molar-refractivity contribution in [1.29, 1.82) is 0 Å². The summed E-state index contributed by atoms with van der Waals surface area (Å²) in [7, 11) is -4.00. The number of benzene rings is 3. The number of halogens is 1. The fourth-order valence-electron chi connectivity index (χ4n) is 4.31. The Labute approximate surface area is 197 Å². The Morgan fingerprint density at radius 1 is 0.971 bits per heavy atom. The molecule has 0 bridgehead atoms. The Hall–Kier alpha value is -3.59. The zero-order valence-corrected chi connectivity index (χ0v) is 19.1. The largest absolute Gasteiger partial charge is 0.486 e. The van der Waals surface area contributed by atoms with E-state index in [0.29, 0.717) is 36.8 Å². The molecule has 0 saturated carbocycles. The van der Waals surface area contributed by atoms with Gasteiger partial charge in [0.05, 0.1) is 16.6 Å². The van der Waals surface area contributed by atoms with Crippen LogP contribution in [0.2, 0.25) is 0 Å². The van der Waals surface area contributed by atoms with E-state index in [9.17, 15) is 17.6 Å². The van der Waals surface area contributed by atoms with Gasteiger partial charge in [-0.15, -0.1) is 0 Å². The van der Waals surface area contributed by atoms with E-state index in [1.54, 1.807) is 4.90 Å². The lowest BCUT2D eigenvalue weighted by Gasteiger charge is -2.27. The SMILES string of the molecule is O=C(c1ccc(S(=O)(=O)Nc2ccccc2F)cc1)N1CCCC1c1ccc2c(c1)OCCO2. The monoisotopic (exact) mass is 482 g/mol. The normalized spacial score (nSPS) is 17.4. The highest BCUT2D eigenvalue weighted by molar-refractivity contribution is 7.92. The van der Waals surface area contributed by atoms with Crippen LogP contribution in [0.1, 0.15) is 34.8 Å². The van der Waals surface area contributed by atoms with Crippen molar-refractivity contribution in [2.45, 2.75) is 23.8 Å². The molecule has 0 spiro atoms. The van der Waals surface area contributed by atoms with Crippen LogP contribution in [0, 0.1) is 5.82 Å². The quantitative estimate of drug-likeness (QED) is 0.584. The predicted octanol–water partition coefficient (Wildman–Crippen LogP) is 4.38. The van der Waals surface area contributed by atoms with Crippen molar-refractivity contribution in [3.63, 3.8) is 0 Å². The molecular formula is C25H23FN2O5S. The molecule has 176 valence electrons. The predicted molar refractivity (Wildman–Crippen MR) is 124 cm³/mol. The molecule has 1 saturated heterocycles. The summed E-state index contributed by atoms with van der Waals surface area (Å²) in [5.41, 5.74) is 1.22. The lowest BCUT2D eigenvalue weighted by atomic mass is 10.0. The van der Waals surface area contributed by atoms with Crippen molar-refractivity contribution in [2.75, 3.05) is 24.5 Å². The molecule has 3 aromatic rings. The molecule has 1 amide bonds. The minimum atomic E-state index is -4.00. The van der Waals surface area contributed by atoms with Gasteiger partial charge in [-0.25, -0.2) is 12.8 Å². The van der Waals surface area contributed by atoms with Crippen molar-refractivity contribution < 1.29 is 27.1 Å². The number of hydrogen-bond donors (Lipinski definition) is 1. The fourth-order valence-corrected chi connectivity index (χ4v) is 5.38. The van der Waals surface area contributed by atoms with Gasteiger partial charge in [-0.1, -0.05) is 18.2 Å². The number of amides is 1. The van der Waals surface area contributed by atoms with Crippen molar-refractivity contribution in [2.24, 2.45) is 0 Å². The summed E-state index contributed by atoms with van der Waals surface area (Å²) in [5, 5.41) is 0. The van der Waals surface area contributed by atoms with Crippen LogP contribution in [0.15, 0.2) is 71.6 Å². The number of nitrogens with one attached hydrogen (secondary N) is 1. The zero-order valence-electron chi connectivity index (χ0n) is 18.2. The van der Waals surface area contributed by atoms with Gasteiger partial charge in [-0.2, -0.15) is 0 Å². The number of sulfonamides is 1. The molecule has 1 N–H and O–H groups in total. The number of carbonyl (C=O) groups is 1. The van der Waals surface area contributed by atoms with E-state index in [1.807, 2.05) is 18.2 Å². The molecule has 1 fully saturated rings. The van der Waals surface area contributed by atoms with Gasteiger partial charge in [0.2, 0.25) is 0 Å². The number of hydrogen-bond acceptors (Lipinski definition) is 5. The van der Waals surface area contributed by atoms with Crippen LogP contribution in [-0.4, -0.2) is 39.0 Å². The topological polar surface area (TPSA) is 84.9 Å². The van der Waals surface area contributed by atoms with Crippen molar-refractivity contribution in [3.05, 3.63) is 83.7 Å². The van der Waals surface area contributed by atoms with Gasteiger partial charge in [0.15, 0.2) is 11.5 Å². The highest BCUT2D eigenvalue weighted by Gasteiger charge is 2.31. The van der Waals surface area contributed by atoms with E-state index in [2.05, 4.69) is 4.72 Å². The summed E-state index contributed by atoms with van der Waals surface area (Å²) in [4.78, 5) is 15.0. The van der Waals surface area contributed by atoms with E-state index in [4.69, 9.17) is 9.47 Å². The maximum Gasteiger partial charge on any atom is 0.261 e. The van der Waals surface area contributed by atoms with Crippen LogP contribution >= 0.6 is 0 Å². The minimum Gasteiger partial charge on any atom is -0.486 e. The third-order valence-corrected chi connectivity index (χ3v) is 7.38. The molecule has 0 aromatic heterocycles. The van der Waals surface area contributed by atoms with Gasteiger partial charge in [-0.05, 0) is 66.9 Å². The maximum atomic E-state index is 13.9. The Balaban J connectivity index is 1.34. The van der Waals surface area contributed by atoms with Gasteiger partial charge in [0, 0.05) is 12.1 Å². The first kappa shape index (κ1) is 22.2. The van der Waals surface area contributed by atoms with Crippen LogP contribution in [0.5, 0.6) is 11.5 Å². The number of likely N-dealkylation sites (tertiary alicyclic amines) is 1. The third-order valence-electron chi connectivity index (χ3n) is 5.99. The molecule has 2 aliphatic rings. The lowest BCUT2D eigenvalue weighted by Crippen LogP contribution is -2.30. The van der Waals surface area contributed by atoms with E-state index in [0.717, 1.165) is 18.4 Å². The lowest BCUT2D eigenvalue weighted by molar-refractivity contribution is 0.0735. The molecule has 2 heterocycles. The summed E-state index contributed by atoms with van der Waals surface area (Å²) in [6.45, 7) is 1.61. The first-order valence-electron chi connectivity index (χ1n) is 11.0. The molecular weight excluding hydrogens is 459 g/mol. The zero-order chi connectivity index (χ0) is 23.7. The second-order valence-electron chi connectivity index (χ2n) is 8.17. The summed E-state index contributed by atoms with van der Waals surface area (Å²) >= 11 is 0. The Morgan fingerprint density at radius 2 is 1.71 bits per heavy atom. The third kappa shape index (κ3) is 4.31. The van der Waals surface area contributed by atoms with Gasteiger partial charge < -0.3 is 14.4 Å².